The molecule has 2 aromatic carbocycles. The van der Waals surface area contributed by atoms with E-state index in [0.717, 1.165) is 5.56 Å². The smallest absolute Gasteiger partial charge is 0.325 e. The van der Waals surface area contributed by atoms with Crippen LogP contribution >= 0.6 is 23.2 Å². The number of ether oxygens (including phenoxy) is 3. The van der Waals surface area contributed by atoms with E-state index in [0.29, 0.717) is 39.4 Å². The van der Waals surface area contributed by atoms with Gasteiger partial charge >= 0.3 is 6.03 Å². The minimum Gasteiger partial charge on any atom is -0.466 e. The van der Waals surface area contributed by atoms with Gasteiger partial charge in [0.25, 0.3) is 0 Å². The van der Waals surface area contributed by atoms with E-state index in [9.17, 15) is 4.79 Å². The Morgan fingerprint density at radius 1 is 1.19 bits per heavy atom. The molecule has 1 N–H and O–H groups in total. The lowest BCUT2D eigenvalue weighted by Gasteiger charge is -2.50. The summed E-state index contributed by atoms with van der Waals surface area (Å²) >= 11 is 12.5. The van der Waals surface area contributed by atoms with Crippen LogP contribution in [0.15, 0.2) is 30.3 Å². The van der Waals surface area contributed by atoms with Gasteiger partial charge in [-0.3, -0.25) is 4.90 Å². The fraction of sp³-hybridized carbons (Fsp3) is 0.278. The first-order valence-electron chi connectivity index (χ1n) is 8.13. The van der Waals surface area contributed by atoms with E-state index >= 15 is 0 Å². The number of carbonyl (C=O) groups is 1. The average Bonchev–Trinajstić information content (AvgIpc) is 3.03. The molecule has 3 heterocycles. The third kappa shape index (κ3) is 2.22. The molecule has 0 aromatic heterocycles. The van der Waals surface area contributed by atoms with E-state index in [1.165, 1.54) is 0 Å². The van der Waals surface area contributed by atoms with Crippen LogP contribution in [0.1, 0.15) is 24.9 Å². The molecule has 0 aliphatic carbocycles. The molecule has 134 valence electrons. The lowest BCUT2D eigenvalue weighted by atomic mass is 9.90. The van der Waals surface area contributed by atoms with Crippen LogP contribution in [0, 0.1) is 0 Å². The van der Waals surface area contributed by atoms with Gasteiger partial charge in [-0.05, 0) is 31.2 Å². The van der Waals surface area contributed by atoms with Crippen LogP contribution in [-0.4, -0.2) is 18.5 Å². The SMILES string of the molecule is C[C@@]12C[C@@H](NC(=O)N1c1ccc3c(c1)OCO3)c1cc(Cl)cc(Cl)c1O2. The van der Waals surface area contributed by atoms with Crippen LogP contribution in [0.4, 0.5) is 10.5 Å². The monoisotopic (exact) mass is 392 g/mol. The van der Waals surface area contributed by atoms with Crippen molar-refractivity contribution < 1.29 is 19.0 Å². The van der Waals surface area contributed by atoms with Gasteiger partial charge in [-0.25, -0.2) is 4.79 Å². The Balaban J connectivity index is 1.60. The molecule has 0 spiro atoms. The van der Waals surface area contributed by atoms with Crippen LogP contribution in [0.5, 0.6) is 17.2 Å². The van der Waals surface area contributed by atoms with E-state index in [1.807, 2.05) is 6.92 Å². The van der Waals surface area contributed by atoms with Crippen LogP contribution in [-0.2, 0) is 0 Å². The zero-order valence-corrected chi connectivity index (χ0v) is 15.2. The maximum Gasteiger partial charge on any atom is 0.325 e. The van der Waals surface area contributed by atoms with Gasteiger partial charge in [0.15, 0.2) is 17.2 Å². The highest BCUT2D eigenvalue weighted by molar-refractivity contribution is 6.35. The summed E-state index contributed by atoms with van der Waals surface area (Å²) in [5.74, 6) is 1.80. The molecule has 2 bridgehead atoms. The summed E-state index contributed by atoms with van der Waals surface area (Å²) in [6, 6.07) is 8.30. The highest BCUT2D eigenvalue weighted by Crippen LogP contribution is 2.49. The summed E-state index contributed by atoms with van der Waals surface area (Å²) in [4.78, 5) is 14.5. The second kappa shape index (κ2) is 5.34. The van der Waals surface area contributed by atoms with E-state index in [-0.39, 0.29) is 18.9 Å². The number of benzene rings is 2. The van der Waals surface area contributed by atoms with Crippen molar-refractivity contribution in [1.82, 2.24) is 5.32 Å². The van der Waals surface area contributed by atoms with E-state index in [1.54, 1.807) is 35.2 Å². The van der Waals surface area contributed by atoms with Gasteiger partial charge in [0.05, 0.1) is 16.8 Å². The number of hydrogen-bond acceptors (Lipinski definition) is 4. The molecule has 2 amide bonds. The summed E-state index contributed by atoms with van der Waals surface area (Å²) < 4.78 is 17.0. The van der Waals surface area contributed by atoms with Crippen molar-refractivity contribution in [3.05, 3.63) is 45.9 Å². The first-order chi connectivity index (χ1) is 12.4. The fourth-order valence-corrected chi connectivity index (χ4v) is 4.35. The Kier molecular flexibility index (Phi) is 3.27. The molecule has 2 atom stereocenters. The predicted molar refractivity (Wildman–Crippen MR) is 96.4 cm³/mol. The van der Waals surface area contributed by atoms with Crippen molar-refractivity contribution in [2.24, 2.45) is 0 Å². The van der Waals surface area contributed by atoms with Crippen LogP contribution in [0.2, 0.25) is 10.0 Å². The van der Waals surface area contributed by atoms with Gasteiger partial charge in [0.2, 0.25) is 6.79 Å². The number of carbonyl (C=O) groups excluding carboxylic acids is 1. The van der Waals surface area contributed by atoms with E-state index < -0.39 is 5.72 Å². The Morgan fingerprint density at radius 3 is 2.85 bits per heavy atom. The Labute approximate surface area is 159 Å². The fourth-order valence-electron chi connectivity index (χ4n) is 3.81. The summed E-state index contributed by atoms with van der Waals surface area (Å²) in [6.07, 6.45) is 0.552. The molecule has 5 rings (SSSR count). The standard InChI is InChI=1S/C18H14Cl2N2O4/c1-18-7-13(11-4-9(19)5-12(20)16(11)26-18)21-17(23)22(18)10-2-3-14-15(6-10)25-8-24-14/h2-6,13H,7-8H2,1H3,(H,21,23)/t13-,18-/m1/s1. The molecule has 2 aromatic rings. The number of rotatable bonds is 1. The molecule has 3 aliphatic rings. The maximum absolute atomic E-state index is 12.9. The van der Waals surface area contributed by atoms with Gasteiger partial charge in [0.1, 0.15) is 5.75 Å². The normalized spacial score (nSPS) is 25.4. The third-order valence-electron chi connectivity index (χ3n) is 4.91. The maximum atomic E-state index is 12.9. The summed E-state index contributed by atoms with van der Waals surface area (Å²) in [5.41, 5.74) is 0.547. The molecule has 8 heteroatoms. The Morgan fingerprint density at radius 2 is 2.00 bits per heavy atom. The number of urea groups is 1. The first kappa shape index (κ1) is 15.9. The second-order valence-corrected chi connectivity index (χ2v) is 7.51. The summed E-state index contributed by atoms with van der Waals surface area (Å²) in [7, 11) is 0. The lowest BCUT2D eigenvalue weighted by Crippen LogP contribution is -2.65. The van der Waals surface area contributed by atoms with Gasteiger partial charge < -0.3 is 19.5 Å². The van der Waals surface area contributed by atoms with Crippen molar-refractivity contribution in [2.75, 3.05) is 11.7 Å². The molecule has 1 fully saturated rings. The number of anilines is 1. The Bertz CT molecular complexity index is 951. The van der Waals surface area contributed by atoms with Crippen molar-refractivity contribution in [2.45, 2.75) is 25.1 Å². The van der Waals surface area contributed by atoms with E-state index in [4.69, 9.17) is 37.4 Å². The average molecular weight is 393 g/mol. The predicted octanol–water partition coefficient (Wildman–Crippen LogP) is 4.49. The number of nitrogens with zero attached hydrogens (tertiary/aromatic N) is 1. The molecular formula is C18H14Cl2N2O4. The van der Waals surface area contributed by atoms with Crippen LogP contribution in [0.25, 0.3) is 0 Å². The quantitative estimate of drug-likeness (QED) is 0.776. The zero-order valence-electron chi connectivity index (χ0n) is 13.7. The van der Waals surface area contributed by atoms with Crippen molar-refractivity contribution in [3.8, 4) is 17.2 Å². The summed E-state index contributed by atoms with van der Waals surface area (Å²) in [5, 5.41) is 3.95. The van der Waals surface area contributed by atoms with Crippen LogP contribution < -0.4 is 24.4 Å². The minimum absolute atomic E-state index is 0.171. The zero-order chi connectivity index (χ0) is 18.1. The molecule has 0 radical (unpaired) electrons. The molecule has 26 heavy (non-hydrogen) atoms. The van der Waals surface area contributed by atoms with Gasteiger partial charge in [0, 0.05) is 23.1 Å². The Hall–Kier alpha value is -2.31. The van der Waals surface area contributed by atoms with Crippen LogP contribution in [0.3, 0.4) is 0 Å². The third-order valence-corrected chi connectivity index (χ3v) is 5.40. The second-order valence-electron chi connectivity index (χ2n) is 6.66. The molecule has 3 aliphatic heterocycles. The number of fused-ring (bicyclic) bond motifs is 5. The number of nitrogens with one attached hydrogen (secondary N) is 1. The van der Waals surface area contributed by atoms with E-state index in [2.05, 4.69) is 5.32 Å². The highest BCUT2D eigenvalue weighted by atomic mass is 35.5. The number of amides is 2. The highest BCUT2D eigenvalue weighted by Gasteiger charge is 2.50. The minimum atomic E-state index is -0.898. The van der Waals surface area contributed by atoms with Gasteiger partial charge in [-0.15, -0.1) is 0 Å². The first-order valence-corrected chi connectivity index (χ1v) is 8.88. The topological polar surface area (TPSA) is 60.0 Å². The van der Waals surface area contributed by atoms with Crippen molar-refractivity contribution in [3.63, 3.8) is 0 Å². The van der Waals surface area contributed by atoms with Gasteiger partial charge in [-0.1, -0.05) is 23.2 Å². The van der Waals surface area contributed by atoms with Crippen molar-refractivity contribution >= 4 is 34.9 Å². The molecule has 0 saturated carbocycles. The van der Waals surface area contributed by atoms with Crippen molar-refractivity contribution in [1.29, 1.82) is 0 Å². The molecule has 1 saturated heterocycles. The van der Waals surface area contributed by atoms with Gasteiger partial charge in [-0.2, -0.15) is 0 Å². The molecular weight excluding hydrogens is 379 g/mol. The number of halogens is 2. The summed E-state index contributed by atoms with van der Waals surface area (Å²) in [6.45, 7) is 2.04. The lowest BCUT2D eigenvalue weighted by molar-refractivity contribution is 0.0379. The largest absolute Gasteiger partial charge is 0.466 e. The molecule has 6 nitrogen and oxygen atoms in total. The molecule has 0 unspecified atom stereocenters. The number of hydrogen-bond donors (Lipinski definition) is 1.